The second-order valence-corrected chi connectivity index (χ2v) is 10.3. The van der Waals surface area contributed by atoms with E-state index >= 15 is 0 Å². The number of aromatic nitrogens is 1. The van der Waals surface area contributed by atoms with Gasteiger partial charge in [0.05, 0.1) is 7.11 Å². The quantitative estimate of drug-likeness (QED) is 0.541. The Morgan fingerprint density at radius 2 is 1.59 bits per heavy atom. The zero-order valence-electron chi connectivity index (χ0n) is 21.5. The number of carbonyl (C=O) groups is 3. The molecule has 0 aliphatic carbocycles. The van der Waals surface area contributed by atoms with Crippen molar-refractivity contribution in [3.63, 3.8) is 0 Å². The van der Waals surface area contributed by atoms with Gasteiger partial charge in [-0.05, 0) is 42.4 Å². The molecule has 8 heteroatoms. The van der Waals surface area contributed by atoms with Crippen LogP contribution in [0.25, 0.3) is 10.9 Å². The van der Waals surface area contributed by atoms with Crippen molar-refractivity contribution < 1.29 is 19.1 Å². The van der Waals surface area contributed by atoms with Crippen LogP contribution in [0.4, 0.5) is 4.79 Å². The van der Waals surface area contributed by atoms with Gasteiger partial charge in [-0.25, -0.2) is 9.59 Å². The highest BCUT2D eigenvalue weighted by Crippen LogP contribution is 2.40. The maximum absolute atomic E-state index is 13.3. The molecule has 0 radical (unpaired) electrons. The Balaban J connectivity index is 1.19. The molecule has 2 aliphatic rings. The Hall–Kier alpha value is -3.81. The van der Waals surface area contributed by atoms with Crippen molar-refractivity contribution >= 4 is 28.8 Å². The van der Waals surface area contributed by atoms with Crippen LogP contribution in [0.15, 0.2) is 60.7 Å². The predicted octanol–water partition coefficient (Wildman–Crippen LogP) is 3.60. The number of aryl methyl sites for hydroxylation is 1. The normalized spacial score (nSPS) is 17.7. The number of esters is 1. The molecule has 8 nitrogen and oxygen atoms in total. The van der Waals surface area contributed by atoms with Crippen molar-refractivity contribution in [1.82, 2.24) is 19.7 Å². The van der Waals surface area contributed by atoms with E-state index in [4.69, 9.17) is 4.74 Å². The number of nitrogens with one attached hydrogen (secondary N) is 1. The molecule has 2 aromatic carbocycles. The predicted molar refractivity (Wildman–Crippen MR) is 141 cm³/mol. The van der Waals surface area contributed by atoms with E-state index in [-0.39, 0.29) is 17.4 Å². The van der Waals surface area contributed by atoms with Gasteiger partial charge in [-0.1, -0.05) is 48.5 Å². The van der Waals surface area contributed by atoms with E-state index in [9.17, 15) is 14.4 Å². The molecule has 1 spiro atoms. The van der Waals surface area contributed by atoms with Gasteiger partial charge in [-0.2, -0.15) is 0 Å². The molecule has 0 saturated carbocycles. The first kappa shape index (κ1) is 24.9. The lowest BCUT2D eigenvalue weighted by atomic mass is 9.77. The number of urea groups is 1. The van der Waals surface area contributed by atoms with E-state index in [0.29, 0.717) is 38.3 Å². The largest absolute Gasteiger partial charge is 0.467 e. The van der Waals surface area contributed by atoms with Crippen LogP contribution in [0, 0.1) is 5.41 Å². The average Bonchev–Trinajstić information content (AvgIpc) is 3.50. The smallest absolute Gasteiger partial charge is 0.328 e. The molecule has 2 saturated heterocycles. The van der Waals surface area contributed by atoms with E-state index in [1.165, 1.54) is 7.11 Å². The van der Waals surface area contributed by atoms with Crippen LogP contribution in [0.5, 0.6) is 0 Å². The minimum atomic E-state index is -0.739. The van der Waals surface area contributed by atoms with Gasteiger partial charge in [-0.15, -0.1) is 0 Å². The number of nitrogens with zero attached hydrogens (tertiary/aromatic N) is 3. The third-order valence-corrected chi connectivity index (χ3v) is 8.07. The molecule has 2 fully saturated rings. The molecular weight excluding hydrogens is 468 g/mol. The Labute approximate surface area is 217 Å². The number of hydrogen-bond acceptors (Lipinski definition) is 4. The molecule has 0 bridgehead atoms. The number of ether oxygens (including phenoxy) is 1. The first-order valence-electron chi connectivity index (χ1n) is 12.9. The van der Waals surface area contributed by atoms with Crippen LogP contribution in [0.1, 0.15) is 35.3 Å². The Morgan fingerprint density at radius 1 is 0.946 bits per heavy atom. The van der Waals surface area contributed by atoms with E-state index in [1.54, 1.807) is 0 Å². The van der Waals surface area contributed by atoms with Crippen LogP contribution >= 0.6 is 0 Å². The van der Waals surface area contributed by atoms with Crippen molar-refractivity contribution in [3.05, 3.63) is 71.9 Å². The maximum Gasteiger partial charge on any atom is 0.328 e. The number of para-hydroxylation sites is 1. The van der Waals surface area contributed by atoms with Crippen molar-refractivity contribution in [3.8, 4) is 0 Å². The summed E-state index contributed by atoms with van der Waals surface area (Å²) in [6, 6.07) is 18.6. The van der Waals surface area contributed by atoms with Gasteiger partial charge in [0.15, 0.2) is 0 Å². The topological polar surface area (TPSA) is 83.9 Å². The molecule has 1 N–H and O–H groups in total. The SMILES string of the molecule is COC(=O)C(Cc1ccccc1)NC(=O)N1CCC2(CCN(C(=O)c3cc4ccccc4n3C)CC2)C1. The van der Waals surface area contributed by atoms with Crippen LogP contribution in [0.2, 0.25) is 0 Å². The van der Waals surface area contributed by atoms with Crippen molar-refractivity contribution in [2.24, 2.45) is 12.5 Å². The van der Waals surface area contributed by atoms with E-state index in [1.807, 2.05) is 82.1 Å². The fourth-order valence-corrected chi connectivity index (χ4v) is 5.78. The summed E-state index contributed by atoms with van der Waals surface area (Å²) in [5.74, 6) is -0.394. The van der Waals surface area contributed by atoms with Crippen molar-refractivity contribution in [2.45, 2.75) is 31.7 Å². The van der Waals surface area contributed by atoms with Crippen molar-refractivity contribution in [2.75, 3.05) is 33.3 Å². The van der Waals surface area contributed by atoms with Gasteiger partial charge < -0.3 is 24.4 Å². The van der Waals surface area contributed by atoms with Gasteiger partial charge >= 0.3 is 12.0 Å². The zero-order chi connectivity index (χ0) is 26.0. The van der Waals surface area contributed by atoms with Gasteiger partial charge in [0.25, 0.3) is 5.91 Å². The molecule has 37 heavy (non-hydrogen) atoms. The lowest BCUT2D eigenvalue weighted by Gasteiger charge is -2.39. The molecule has 2 aliphatic heterocycles. The Bertz CT molecular complexity index is 1290. The number of likely N-dealkylation sites (tertiary alicyclic amines) is 2. The Morgan fingerprint density at radius 3 is 2.27 bits per heavy atom. The van der Waals surface area contributed by atoms with Crippen LogP contribution in [-0.4, -0.2) is 71.6 Å². The number of rotatable bonds is 5. The lowest BCUT2D eigenvalue weighted by molar-refractivity contribution is -0.142. The highest BCUT2D eigenvalue weighted by molar-refractivity contribution is 5.98. The van der Waals surface area contributed by atoms with E-state index in [2.05, 4.69) is 5.32 Å². The fourth-order valence-electron chi connectivity index (χ4n) is 5.78. The summed E-state index contributed by atoms with van der Waals surface area (Å²) in [5.41, 5.74) is 2.72. The summed E-state index contributed by atoms with van der Waals surface area (Å²) in [7, 11) is 3.28. The summed E-state index contributed by atoms with van der Waals surface area (Å²) in [4.78, 5) is 42.5. The molecule has 3 heterocycles. The third kappa shape index (κ3) is 5.05. The second kappa shape index (κ2) is 10.3. The molecule has 3 amide bonds. The van der Waals surface area contributed by atoms with Crippen LogP contribution in [0.3, 0.4) is 0 Å². The fraction of sp³-hybridized carbons (Fsp3) is 0.414. The summed E-state index contributed by atoms with van der Waals surface area (Å²) in [6.45, 7) is 2.62. The number of benzene rings is 2. The molecule has 5 rings (SSSR count). The molecule has 1 atom stereocenters. The highest BCUT2D eigenvalue weighted by Gasteiger charge is 2.43. The summed E-state index contributed by atoms with van der Waals surface area (Å²) < 4.78 is 6.91. The first-order chi connectivity index (χ1) is 17.9. The molecule has 3 aromatic rings. The van der Waals surface area contributed by atoms with Gasteiger partial charge in [0, 0.05) is 50.6 Å². The second-order valence-electron chi connectivity index (χ2n) is 10.3. The summed E-state index contributed by atoms with van der Waals surface area (Å²) in [5, 5.41) is 3.96. The monoisotopic (exact) mass is 502 g/mol. The average molecular weight is 503 g/mol. The van der Waals surface area contributed by atoms with Gasteiger partial charge in [0.2, 0.25) is 0 Å². The summed E-state index contributed by atoms with van der Waals surface area (Å²) in [6.07, 6.45) is 3.00. The number of carbonyl (C=O) groups excluding carboxylic acids is 3. The molecule has 1 unspecified atom stereocenters. The Kier molecular flexibility index (Phi) is 6.91. The lowest BCUT2D eigenvalue weighted by Crippen LogP contribution is -2.50. The third-order valence-electron chi connectivity index (χ3n) is 8.07. The number of hydrogen-bond donors (Lipinski definition) is 1. The van der Waals surface area contributed by atoms with E-state index < -0.39 is 12.0 Å². The standard InChI is InChI=1S/C29H34N4O4/c1-31-24-11-7-6-10-22(24)19-25(31)26(34)32-15-12-29(13-16-32)14-17-33(20-29)28(36)30-23(27(35)37-2)18-21-8-4-3-5-9-21/h3-11,19,23H,12-18,20H2,1-2H3,(H,30,36). The molecule has 1 aromatic heterocycles. The maximum atomic E-state index is 13.3. The molecule has 194 valence electrons. The minimum absolute atomic E-state index is 0.00718. The van der Waals surface area contributed by atoms with Gasteiger partial charge in [-0.3, -0.25) is 4.79 Å². The number of methoxy groups -OCH3 is 1. The minimum Gasteiger partial charge on any atom is -0.467 e. The zero-order valence-corrected chi connectivity index (χ0v) is 21.5. The van der Waals surface area contributed by atoms with Crippen molar-refractivity contribution in [1.29, 1.82) is 0 Å². The highest BCUT2D eigenvalue weighted by atomic mass is 16.5. The number of amides is 3. The van der Waals surface area contributed by atoms with Crippen LogP contribution in [-0.2, 0) is 23.0 Å². The molecular formula is C29H34N4O4. The van der Waals surface area contributed by atoms with E-state index in [0.717, 1.165) is 35.7 Å². The first-order valence-corrected chi connectivity index (χ1v) is 12.9. The van der Waals surface area contributed by atoms with Crippen LogP contribution < -0.4 is 5.32 Å². The summed E-state index contributed by atoms with van der Waals surface area (Å²) >= 11 is 0. The van der Waals surface area contributed by atoms with Gasteiger partial charge in [0.1, 0.15) is 11.7 Å². The number of fused-ring (bicyclic) bond motifs is 1. The number of piperidine rings is 1.